The van der Waals surface area contributed by atoms with E-state index in [1.54, 1.807) is 0 Å². The van der Waals surface area contributed by atoms with Crippen molar-refractivity contribution in [2.75, 3.05) is 11.9 Å². The maximum absolute atomic E-state index is 8.91. The molecule has 0 saturated heterocycles. The molecule has 3 nitrogen and oxygen atoms in total. The van der Waals surface area contributed by atoms with E-state index < -0.39 is 0 Å². The van der Waals surface area contributed by atoms with Gasteiger partial charge < -0.3 is 5.32 Å². The van der Waals surface area contributed by atoms with Gasteiger partial charge in [0.2, 0.25) is 0 Å². The van der Waals surface area contributed by atoms with E-state index in [-0.39, 0.29) is 0 Å². The molecule has 1 heterocycles. The van der Waals surface area contributed by atoms with E-state index in [1.165, 1.54) is 38.5 Å². The molecule has 0 bridgehead atoms. The predicted molar refractivity (Wildman–Crippen MR) is 73.4 cm³/mol. The minimum atomic E-state index is 0.683. The molecular formula is C15H21N3. The zero-order chi connectivity index (χ0) is 12.8. The fourth-order valence-corrected chi connectivity index (χ4v) is 2.70. The Morgan fingerprint density at radius 3 is 2.83 bits per heavy atom. The molecule has 1 N–H and O–H groups in total. The monoisotopic (exact) mass is 243 g/mol. The fraction of sp³-hybridized carbons (Fsp3) is 0.600. The van der Waals surface area contributed by atoms with Crippen LogP contribution in [0.3, 0.4) is 0 Å². The molecule has 1 aliphatic carbocycles. The molecule has 0 unspecified atom stereocenters. The lowest BCUT2D eigenvalue weighted by molar-refractivity contribution is 0.345. The number of aromatic nitrogens is 1. The average Bonchev–Trinajstić information content (AvgIpc) is 2.39. The summed E-state index contributed by atoms with van der Waals surface area (Å²) < 4.78 is 0. The van der Waals surface area contributed by atoms with Crippen LogP contribution in [0.25, 0.3) is 0 Å². The summed E-state index contributed by atoms with van der Waals surface area (Å²) in [6, 6.07) is 5.81. The van der Waals surface area contributed by atoms with Crippen LogP contribution in [-0.4, -0.2) is 11.5 Å². The van der Waals surface area contributed by atoms with Gasteiger partial charge in [-0.25, -0.2) is 4.98 Å². The number of pyridine rings is 1. The standard InChI is InChI=1S/C15H21N3/c1-12-9-14(11-16)10-15(18-12)17-8-7-13-5-3-2-4-6-13/h9-10,13H,2-8H2,1H3,(H,17,18). The summed E-state index contributed by atoms with van der Waals surface area (Å²) >= 11 is 0. The Morgan fingerprint density at radius 2 is 2.11 bits per heavy atom. The van der Waals surface area contributed by atoms with Gasteiger partial charge in [0.25, 0.3) is 0 Å². The van der Waals surface area contributed by atoms with E-state index in [0.717, 1.165) is 24.0 Å². The molecule has 0 aliphatic heterocycles. The van der Waals surface area contributed by atoms with Gasteiger partial charge in [-0.05, 0) is 31.4 Å². The summed E-state index contributed by atoms with van der Waals surface area (Å²) in [6.07, 6.45) is 8.18. The molecule has 1 aromatic heterocycles. The summed E-state index contributed by atoms with van der Waals surface area (Å²) in [6.45, 7) is 2.89. The van der Waals surface area contributed by atoms with Gasteiger partial charge in [-0.1, -0.05) is 32.1 Å². The number of aryl methyl sites for hydroxylation is 1. The molecule has 0 aromatic carbocycles. The highest BCUT2D eigenvalue weighted by Crippen LogP contribution is 2.26. The first kappa shape index (κ1) is 12.9. The van der Waals surface area contributed by atoms with Crippen molar-refractivity contribution in [1.82, 2.24) is 4.98 Å². The normalized spacial score (nSPS) is 16.2. The van der Waals surface area contributed by atoms with Crippen molar-refractivity contribution >= 4 is 5.82 Å². The number of hydrogen-bond donors (Lipinski definition) is 1. The van der Waals surface area contributed by atoms with Crippen molar-refractivity contribution in [2.45, 2.75) is 45.4 Å². The topological polar surface area (TPSA) is 48.7 Å². The number of hydrogen-bond acceptors (Lipinski definition) is 3. The molecule has 0 radical (unpaired) electrons. The first-order valence-electron chi connectivity index (χ1n) is 6.90. The molecule has 1 aromatic rings. The summed E-state index contributed by atoms with van der Waals surface area (Å²) in [5, 5.41) is 12.3. The van der Waals surface area contributed by atoms with E-state index in [9.17, 15) is 0 Å². The third-order valence-corrected chi connectivity index (χ3v) is 3.67. The van der Waals surface area contributed by atoms with Crippen LogP contribution in [0.1, 0.15) is 49.8 Å². The second kappa shape index (κ2) is 6.39. The van der Waals surface area contributed by atoms with Crippen LogP contribution in [0, 0.1) is 24.2 Å². The lowest BCUT2D eigenvalue weighted by Crippen LogP contribution is -2.12. The molecule has 1 saturated carbocycles. The van der Waals surface area contributed by atoms with E-state index >= 15 is 0 Å². The van der Waals surface area contributed by atoms with Gasteiger partial charge in [-0.2, -0.15) is 5.26 Å². The lowest BCUT2D eigenvalue weighted by atomic mass is 9.87. The van der Waals surface area contributed by atoms with Gasteiger partial charge >= 0.3 is 0 Å². The first-order valence-corrected chi connectivity index (χ1v) is 6.90. The summed E-state index contributed by atoms with van der Waals surface area (Å²) in [5.74, 6) is 1.72. The van der Waals surface area contributed by atoms with Crippen LogP contribution >= 0.6 is 0 Å². The zero-order valence-corrected chi connectivity index (χ0v) is 11.1. The Balaban J connectivity index is 1.82. The maximum Gasteiger partial charge on any atom is 0.127 e. The van der Waals surface area contributed by atoms with Crippen LogP contribution in [0.15, 0.2) is 12.1 Å². The van der Waals surface area contributed by atoms with Crippen LogP contribution in [0.5, 0.6) is 0 Å². The molecule has 18 heavy (non-hydrogen) atoms. The first-order chi connectivity index (χ1) is 8.78. The molecular weight excluding hydrogens is 222 g/mol. The SMILES string of the molecule is Cc1cc(C#N)cc(NCCC2CCCCC2)n1. The van der Waals surface area contributed by atoms with Crippen molar-refractivity contribution in [3.8, 4) is 6.07 Å². The zero-order valence-electron chi connectivity index (χ0n) is 11.1. The van der Waals surface area contributed by atoms with Gasteiger partial charge in [-0.3, -0.25) is 0 Å². The Bertz CT molecular complexity index is 428. The Morgan fingerprint density at radius 1 is 1.33 bits per heavy atom. The summed E-state index contributed by atoms with van der Waals surface area (Å²) in [5.41, 5.74) is 1.58. The number of rotatable bonds is 4. The molecule has 3 heteroatoms. The Hall–Kier alpha value is -1.56. The maximum atomic E-state index is 8.91. The van der Waals surface area contributed by atoms with E-state index in [1.807, 2.05) is 19.1 Å². The number of nitrogens with zero attached hydrogens (tertiary/aromatic N) is 2. The van der Waals surface area contributed by atoms with Gasteiger partial charge in [0.1, 0.15) is 5.82 Å². The minimum absolute atomic E-state index is 0.683. The van der Waals surface area contributed by atoms with Crippen LogP contribution < -0.4 is 5.32 Å². The smallest absolute Gasteiger partial charge is 0.127 e. The van der Waals surface area contributed by atoms with Crippen molar-refractivity contribution in [3.05, 3.63) is 23.4 Å². The van der Waals surface area contributed by atoms with Crippen LogP contribution in [0.2, 0.25) is 0 Å². The lowest BCUT2D eigenvalue weighted by Gasteiger charge is -2.21. The molecule has 0 spiro atoms. The van der Waals surface area contributed by atoms with Crippen LogP contribution in [0.4, 0.5) is 5.82 Å². The Kier molecular flexibility index (Phi) is 4.58. The number of nitrogens with one attached hydrogen (secondary N) is 1. The second-order valence-electron chi connectivity index (χ2n) is 5.21. The highest BCUT2D eigenvalue weighted by atomic mass is 15.0. The Labute approximate surface area is 109 Å². The van der Waals surface area contributed by atoms with E-state index in [4.69, 9.17) is 5.26 Å². The van der Waals surface area contributed by atoms with Crippen LogP contribution in [-0.2, 0) is 0 Å². The molecule has 0 atom stereocenters. The highest BCUT2D eigenvalue weighted by Gasteiger charge is 2.12. The van der Waals surface area contributed by atoms with Crippen molar-refractivity contribution in [2.24, 2.45) is 5.92 Å². The average molecular weight is 243 g/mol. The molecule has 96 valence electrons. The molecule has 1 fully saturated rings. The number of nitriles is 1. The molecule has 1 aliphatic rings. The third kappa shape index (κ3) is 3.73. The largest absolute Gasteiger partial charge is 0.370 e. The predicted octanol–water partition coefficient (Wildman–Crippen LogP) is 3.64. The highest BCUT2D eigenvalue weighted by molar-refractivity contribution is 5.44. The summed E-state index contributed by atoms with van der Waals surface area (Å²) in [4.78, 5) is 4.40. The molecule has 0 amide bonds. The van der Waals surface area contributed by atoms with Crippen molar-refractivity contribution < 1.29 is 0 Å². The van der Waals surface area contributed by atoms with Gasteiger partial charge in [0.15, 0.2) is 0 Å². The van der Waals surface area contributed by atoms with Crippen molar-refractivity contribution in [3.63, 3.8) is 0 Å². The van der Waals surface area contributed by atoms with Gasteiger partial charge in [0, 0.05) is 12.2 Å². The van der Waals surface area contributed by atoms with Gasteiger partial charge in [0.05, 0.1) is 11.6 Å². The second-order valence-corrected chi connectivity index (χ2v) is 5.21. The quantitative estimate of drug-likeness (QED) is 0.878. The summed E-state index contributed by atoms with van der Waals surface area (Å²) in [7, 11) is 0. The van der Waals surface area contributed by atoms with Gasteiger partial charge in [-0.15, -0.1) is 0 Å². The third-order valence-electron chi connectivity index (χ3n) is 3.67. The van der Waals surface area contributed by atoms with E-state index in [0.29, 0.717) is 5.56 Å². The number of anilines is 1. The fourth-order valence-electron chi connectivity index (χ4n) is 2.70. The van der Waals surface area contributed by atoms with E-state index in [2.05, 4.69) is 16.4 Å². The van der Waals surface area contributed by atoms with Crippen molar-refractivity contribution in [1.29, 1.82) is 5.26 Å². The molecule has 2 rings (SSSR count). The minimum Gasteiger partial charge on any atom is -0.370 e.